The lowest BCUT2D eigenvalue weighted by molar-refractivity contribution is -0.384. The zero-order valence-corrected chi connectivity index (χ0v) is 10.8. The van der Waals surface area contributed by atoms with Gasteiger partial charge < -0.3 is 0 Å². The van der Waals surface area contributed by atoms with Gasteiger partial charge in [0, 0.05) is 23.6 Å². The first kappa shape index (κ1) is 14.1. The number of rotatable bonds is 4. The minimum Gasteiger partial charge on any atom is -0.258 e. The fourth-order valence-corrected chi connectivity index (χ4v) is 2.01. The van der Waals surface area contributed by atoms with Crippen molar-refractivity contribution in [3.05, 3.63) is 75.8 Å². The molecule has 3 nitrogen and oxygen atoms in total. The van der Waals surface area contributed by atoms with E-state index in [1.54, 1.807) is 30.3 Å². The van der Waals surface area contributed by atoms with Gasteiger partial charge in [0.1, 0.15) is 0 Å². The highest BCUT2D eigenvalue weighted by molar-refractivity contribution is 5.36. The molecule has 0 aliphatic heterocycles. The van der Waals surface area contributed by atoms with Crippen LogP contribution in [-0.4, -0.2) is 4.92 Å². The molecule has 20 heavy (non-hydrogen) atoms. The Labute approximate surface area is 115 Å². The lowest BCUT2D eigenvalue weighted by atomic mass is 9.90. The maximum Gasteiger partial charge on any atom is 0.279 e. The lowest BCUT2D eigenvalue weighted by Gasteiger charge is -2.24. The van der Waals surface area contributed by atoms with E-state index in [1.807, 2.05) is 0 Å². The topological polar surface area (TPSA) is 43.1 Å². The minimum atomic E-state index is -3.09. The smallest absolute Gasteiger partial charge is 0.258 e. The predicted molar refractivity (Wildman–Crippen MR) is 71.8 cm³/mol. The summed E-state index contributed by atoms with van der Waals surface area (Å²) < 4.78 is 28.8. The summed E-state index contributed by atoms with van der Waals surface area (Å²) in [6.07, 6.45) is 0. The van der Waals surface area contributed by atoms with Crippen LogP contribution in [0.15, 0.2) is 54.6 Å². The summed E-state index contributed by atoms with van der Waals surface area (Å²) >= 11 is 0. The van der Waals surface area contributed by atoms with Crippen LogP contribution in [0.25, 0.3) is 0 Å². The molecule has 0 N–H and O–H groups in total. The van der Waals surface area contributed by atoms with Gasteiger partial charge in [-0.2, -0.15) is 0 Å². The highest BCUT2D eigenvalue weighted by atomic mass is 19.3. The third-order valence-corrected chi connectivity index (χ3v) is 3.31. The first-order valence-electron chi connectivity index (χ1n) is 6.10. The van der Waals surface area contributed by atoms with E-state index in [2.05, 4.69) is 0 Å². The molecule has 5 heteroatoms. The average Bonchev–Trinajstić information content (AvgIpc) is 2.47. The van der Waals surface area contributed by atoms with Crippen molar-refractivity contribution < 1.29 is 13.7 Å². The normalized spacial score (nSPS) is 12.9. The van der Waals surface area contributed by atoms with Crippen LogP contribution in [0.1, 0.15) is 24.0 Å². The molecule has 0 unspecified atom stereocenters. The predicted octanol–water partition coefficient (Wildman–Crippen LogP) is 4.49. The fourth-order valence-electron chi connectivity index (χ4n) is 2.01. The van der Waals surface area contributed by atoms with Crippen LogP contribution >= 0.6 is 0 Å². The summed E-state index contributed by atoms with van der Waals surface area (Å²) in [5.74, 6) is -4.10. The molecular weight excluding hydrogens is 264 g/mol. The number of nitro groups is 1. The van der Waals surface area contributed by atoms with Crippen molar-refractivity contribution in [2.45, 2.75) is 18.8 Å². The van der Waals surface area contributed by atoms with Gasteiger partial charge in [-0.15, -0.1) is 0 Å². The van der Waals surface area contributed by atoms with Crippen LogP contribution in [-0.2, 0) is 5.92 Å². The number of nitrogens with zero attached hydrogens (tertiary/aromatic N) is 1. The Hall–Kier alpha value is -2.30. The van der Waals surface area contributed by atoms with Gasteiger partial charge in [-0.3, -0.25) is 10.1 Å². The molecular formula is C15H13F2NO2. The van der Waals surface area contributed by atoms with Gasteiger partial charge in [0.05, 0.1) is 4.92 Å². The zero-order valence-electron chi connectivity index (χ0n) is 10.8. The van der Waals surface area contributed by atoms with Crippen LogP contribution in [0.5, 0.6) is 0 Å². The fraction of sp³-hybridized carbons (Fsp3) is 0.200. The summed E-state index contributed by atoms with van der Waals surface area (Å²) in [7, 11) is 0. The molecule has 1 atom stereocenters. The Kier molecular flexibility index (Phi) is 3.79. The van der Waals surface area contributed by atoms with E-state index >= 15 is 0 Å². The van der Waals surface area contributed by atoms with Crippen molar-refractivity contribution in [1.29, 1.82) is 0 Å². The van der Waals surface area contributed by atoms with Gasteiger partial charge in [0.15, 0.2) is 0 Å². The minimum absolute atomic E-state index is 0.197. The third-order valence-electron chi connectivity index (χ3n) is 3.31. The number of benzene rings is 2. The van der Waals surface area contributed by atoms with Crippen molar-refractivity contribution in [1.82, 2.24) is 0 Å². The van der Waals surface area contributed by atoms with Crippen molar-refractivity contribution in [3.8, 4) is 0 Å². The van der Waals surface area contributed by atoms with Gasteiger partial charge in [-0.05, 0) is 17.7 Å². The van der Waals surface area contributed by atoms with Crippen molar-refractivity contribution in [2.24, 2.45) is 0 Å². The van der Waals surface area contributed by atoms with Crippen molar-refractivity contribution >= 4 is 5.69 Å². The molecule has 0 bridgehead atoms. The summed E-state index contributed by atoms with van der Waals surface area (Å²) in [6.45, 7) is 1.44. The van der Waals surface area contributed by atoms with Crippen LogP contribution in [0, 0.1) is 10.1 Å². The van der Waals surface area contributed by atoms with E-state index in [-0.39, 0.29) is 11.3 Å². The number of halogens is 2. The van der Waals surface area contributed by atoms with Gasteiger partial charge in [0.2, 0.25) is 0 Å². The highest BCUT2D eigenvalue weighted by Crippen LogP contribution is 2.42. The molecule has 0 spiro atoms. The van der Waals surface area contributed by atoms with Crippen LogP contribution in [0.4, 0.5) is 14.5 Å². The monoisotopic (exact) mass is 277 g/mol. The molecule has 0 aliphatic rings. The Morgan fingerprint density at radius 3 is 2.10 bits per heavy atom. The zero-order chi connectivity index (χ0) is 14.8. The number of alkyl halides is 2. The summed E-state index contributed by atoms with van der Waals surface area (Å²) in [4.78, 5) is 9.93. The summed E-state index contributed by atoms with van der Waals surface area (Å²) in [5.41, 5.74) is 0.104. The summed E-state index contributed by atoms with van der Waals surface area (Å²) in [6, 6.07) is 12.9. The number of hydrogen-bond acceptors (Lipinski definition) is 2. The second-order valence-corrected chi connectivity index (χ2v) is 4.56. The molecule has 0 aliphatic carbocycles. The Morgan fingerprint density at radius 1 is 1.05 bits per heavy atom. The molecule has 2 rings (SSSR count). The van der Waals surface area contributed by atoms with Crippen LogP contribution < -0.4 is 0 Å². The molecule has 2 aromatic rings. The van der Waals surface area contributed by atoms with E-state index in [1.165, 1.54) is 6.92 Å². The number of non-ortho nitro benzene ring substituents is 1. The Bertz CT molecular complexity index is 597. The molecule has 0 saturated carbocycles. The molecule has 0 radical (unpaired) electrons. The van der Waals surface area contributed by atoms with Crippen LogP contribution in [0.2, 0.25) is 0 Å². The van der Waals surface area contributed by atoms with E-state index in [9.17, 15) is 18.9 Å². The van der Waals surface area contributed by atoms with Gasteiger partial charge >= 0.3 is 0 Å². The van der Waals surface area contributed by atoms with E-state index in [0.29, 0.717) is 5.56 Å². The molecule has 0 amide bonds. The molecule has 0 aromatic heterocycles. The number of hydrogen-bond donors (Lipinski definition) is 0. The first-order chi connectivity index (χ1) is 9.43. The largest absolute Gasteiger partial charge is 0.279 e. The Balaban J connectivity index is 2.32. The van der Waals surface area contributed by atoms with E-state index < -0.39 is 16.8 Å². The first-order valence-corrected chi connectivity index (χ1v) is 6.10. The molecule has 104 valence electrons. The van der Waals surface area contributed by atoms with E-state index in [0.717, 1.165) is 24.3 Å². The second-order valence-electron chi connectivity index (χ2n) is 4.56. The standard InChI is InChI=1S/C15H13F2NO2/c1-11(12-5-3-2-4-6-12)15(16,17)13-7-9-14(10-8-13)18(19)20/h2-11H,1H3/t11-/m1/s1. The van der Waals surface area contributed by atoms with Crippen LogP contribution in [0.3, 0.4) is 0 Å². The molecule has 0 heterocycles. The molecule has 0 fully saturated rings. The Morgan fingerprint density at radius 2 is 1.60 bits per heavy atom. The number of nitro benzene ring substituents is 1. The van der Waals surface area contributed by atoms with Crippen molar-refractivity contribution in [2.75, 3.05) is 0 Å². The van der Waals surface area contributed by atoms with Gasteiger partial charge in [-0.25, -0.2) is 8.78 Å². The second kappa shape index (κ2) is 5.36. The quantitative estimate of drug-likeness (QED) is 0.610. The maximum atomic E-state index is 14.4. The summed E-state index contributed by atoms with van der Waals surface area (Å²) in [5, 5.41) is 10.5. The van der Waals surface area contributed by atoms with Gasteiger partial charge in [0.25, 0.3) is 11.6 Å². The van der Waals surface area contributed by atoms with Gasteiger partial charge in [-0.1, -0.05) is 37.3 Å². The lowest BCUT2D eigenvalue weighted by Crippen LogP contribution is -2.21. The SMILES string of the molecule is C[C@H](c1ccccc1)C(F)(F)c1ccc([N+](=O)[O-])cc1. The highest BCUT2D eigenvalue weighted by Gasteiger charge is 2.39. The molecule has 0 saturated heterocycles. The third kappa shape index (κ3) is 2.66. The van der Waals surface area contributed by atoms with Crippen molar-refractivity contribution in [3.63, 3.8) is 0 Å². The van der Waals surface area contributed by atoms with E-state index in [4.69, 9.17) is 0 Å². The maximum absolute atomic E-state index is 14.4. The average molecular weight is 277 g/mol. The molecule has 2 aromatic carbocycles.